The van der Waals surface area contributed by atoms with E-state index in [4.69, 9.17) is 9.56 Å². The fraction of sp³-hybridized carbons (Fsp3) is 0.250. The Hall–Kier alpha value is -1.86. The van der Waals surface area contributed by atoms with Crippen LogP contribution < -0.4 is 10.5 Å². The SMILES string of the molecule is Cc1cc(S(N)(=O)=O)cc(NCc2cnco2)c1C. The van der Waals surface area contributed by atoms with Gasteiger partial charge in [-0.25, -0.2) is 18.5 Å². The van der Waals surface area contributed by atoms with Gasteiger partial charge >= 0.3 is 0 Å². The lowest BCUT2D eigenvalue weighted by molar-refractivity contribution is 0.511. The van der Waals surface area contributed by atoms with Gasteiger partial charge in [0.05, 0.1) is 17.6 Å². The maximum absolute atomic E-state index is 11.4. The standard InChI is InChI=1S/C12H15N3O3S/c1-8-3-11(19(13,16)17)4-12(9(8)2)15-6-10-5-14-7-18-10/h3-5,7,15H,6H2,1-2H3,(H2,13,16,17). The molecule has 7 heteroatoms. The van der Waals surface area contributed by atoms with Crippen molar-refractivity contribution >= 4 is 15.7 Å². The number of nitrogens with one attached hydrogen (secondary N) is 1. The first-order chi connectivity index (χ1) is 8.88. The smallest absolute Gasteiger partial charge is 0.238 e. The van der Waals surface area contributed by atoms with Crippen molar-refractivity contribution < 1.29 is 12.8 Å². The number of nitrogens with two attached hydrogens (primary N) is 1. The fourth-order valence-electron chi connectivity index (χ4n) is 1.69. The molecule has 0 aliphatic heterocycles. The predicted octanol–water partition coefficient (Wildman–Crippen LogP) is 1.55. The molecule has 0 spiro atoms. The third-order valence-corrected chi connectivity index (χ3v) is 3.80. The molecule has 0 aliphatic rings. The Morgan fingerprint density at radius 3 is 2.68 bits per heavy atom. The maximum Gasteiger partial charge on any atom is 0.238 e. The Balaban J connectivity index is 2.31. The summed E-state index contributed by atoms with van der Waals surface area (Å²) in [5, 5.41) is 8.27. The Morgan fingerprint density at radius 2 is 2.11 bits per heavy atom. The summed E-state index contributed by atoms with van der Waals surface area (Å²) in [5.41, 5.74) is 2.53. The molecule has 0 amide bonds. The molecule has 1 heterocycles. The van der Waals surface area contributed by atoms with Gasteiger partial charge in [-0.1, -0.05) is 0 Å². The minimum absolute atomic E-state index is 0.0932. The number of sulfonamides is 1. The van der Waals surface area contributed by atoms with Gasteiger partial charge in [0.1, 0.15) is 5.76 Å². The zero-order valence-corrected chi connectivity index (χ0v) is 11.5. The van der Waals surface area contributed by atoms with Gasteiger partial charge in [0.2, 0.25) is 10.0 Å². The monoisotopic (exact) mass is 281 g/mol. The van der Waals surface area contributed by atoms with Crippen molar-refractivity contribution in [1.29, 1.82) is 0 Å². The maximum atomic E-state index is 11.4. The topological polar surface area (TPSA) is 98.2 Å². The van der Waals surface area contributed by atoms with Gasteiger partial charge in [-0.2, -0.15) is 0 Å². The van der Waals surface area contributed by atoms with Crippen molar-refractivity contribution in [1.82, 2.24) is 4.98 Å². The van der Waals surface area contributed by atoms with Crippen LogP contribution >= 0.6 is 0 Å². The molecule has 2 rings (SSSR count). The lowest BCUT2D eigenvalue weighted by atomic mass is 10.1. The minimum Gasteiger partial charge on any atom is -0.447 e. The number of oxazole rings is 1. The Labute approximate surface area is 111 Å². The summed E-state index contributed by atoms with van der Waals surface area (Å²) in [5.74, 6) is 0.665. The van der Waals surface area contributed by atoms with Crippen LogP contribution in [0.15, 0.2) is 34.0 Å². The van der Waals surface area contributed by atoms with E-state index < -0.39 is 10.0 Å². The van der Waals surface area contributed by atoms with Crippen molar-refractivity contribution in [3.8, 4) is 0 Å². The van der Waals surface area contributed by atoms with Crippen molar-refractivity contribution in [3.63, 3.8) is 0 Å². The van der Waals surface area contributed by atoms with Crippen LogP contribution in [0.4, 0.5) is 5.69 Å². The normalized spacial score (nSPS) is 11.5. The number of aromatic nitrogens is 1. The highest BCUT2D eigenvalue weighted by Crippen LogP contribution is 2.24. The fourth-order valence-corrected chi connectivity index (χ4v) is 2.31. The largest absolute Gasteiger partial charge is 0.447 e. The number of nitrogens with zero attached hydrogens (tertiary/aromatic N) is 1. The zero-order valence-electron chi connectivity index (χ0n) is 10.7. The van der Waals surface area contributed by atoms with E-state index in [0.717, 1.165) is 11.1 Å². The Morgan fingerprint density at radius 1 is 1.37 bits per heavy atom. The number of primary sulfonamides is 1. The molecule has 102 valence electrons. The summed E-state index contributed by atoms with van der Waals surface area (Å²) in [7, 11) is -3.71. The van der Waals surface area contributed by atoms with Crippen LogP contribution in [0.25, 0.3) is 0 Å². The van der Waals surface area contributed by atoms with E-state index in [0.29, 0.717) is 18.0 Å². The number of rotatable bonds is 4. The van der Waals surface area contributed by atoms with E-state index in [1.54, 1.807) is 12.3 Å². The number of benzene rings is 1. The Bertz CT molecular complexity index is 678. The van der Waals surface area contributed by atoms with Crippen LogP contribution in [0.5, 0.6) is 0 Å². The van der Waals surface area contributed by atoms with Crippen molar-refractivity contribution in [2.75, 3.05) is 5.32 Å². The lowest BCUT2D eigenvalue weighted by Crippen LogP contribution is -2.13. The molecule has 0 radical (unpaired) electrons. The highest BCUT2D eigenvalue weighted by atomic mass is 32.2. The molecule has 0 unspecified atom stereocenters. The number of hydrogen-bond acceptors (Lipinski definition) is 5. The average Bonchev–Trinajstić information content (AvgIpc) is 2.82. The van der Waals surface area contributed by atoms with Gasteiger partial charge < -0.3 is 9.73 Å². The summed E-state index contributed by atoms with van der Waals surface area (Å²) in [6, 6.07) is 3.08. The van der Waals surface area contributed by atoms with Crippen molar-refractivity contribution in [2.24, 2.45) is 5.14 Å². The molecular weight excluding hydrogens is 266 g/mol. The first-order valence-corrected chi connectivity index (χ1v) is 7.18. The highest BCUT2D eigenvalue weighted by molar-refractivity contribution is 7.89. The molecule has 3 N–H and O–H groups in total. The molecular formula is C12H15N3O3S. The van der Waals surface area contributed by atoms with Crippen LogP contribution in [-0.2, 0) is 16.6 Å². The second kappa shape index (κ2) is 5.02. The van der Waals surface area contributed by atoms with Gasteiger partial charge in [-0.3, -0.25) is 0 Å². The van der Waals surface area contributed by atoms with E-state index in [9.17, 15) is 8.42 Å². The van der Waals surface area contributed by atoms with Crippen LogP contribution in [0.2, 0.25) is 0 Å². The van der Waals surface area contributed by atoms with Gasteiger partial charge in [-0.15, -0.1) is 0 Å². The molecule has 0 saturated heterocycles. The van der Waals surface area contributed by atoms with Crippen LogP contribution in [0.3, 0.4) is 0 Å². The molecule has 0 atom stereocenters. The van der Waals surface area contributed by atoms with Crippen LogP contribution in [-0.4, -0.2) is 13.4 Å². The second-order valence-corrected chi connectivity index (χ2v) is 5.84. The van der Waals surface area contributed by atoms with E-state index in [1.807, 2.05) is 13.8 Å². The van der Waals surface area contributed by atoms with Gasteiger partial charge in [0.25, 0.3) is 0 Å². The van der Waals surface area contributed by atoms with E-state index in [1.165, 1.54) is 12.5 Å². The van der Waals surface area contributed by atoms with Gasteiger partial charge in [-0.05, 0) is 37.1 Å². The predicted molar refractivity (Wildman–Crippen MR) is 71.1 cm³/mol. The molecule has 19 heavy (non-hydrogen) atoms. The molecule has 2 aromatic rings. The molecule has 0 fully saturated rings. The van der Waals surface area contributed by atoms with Crippen molar-refractivity contribution in [2.45, 2.75) is 25.3 Å². The first-order valence-electron chi connectivity index (χ1n) is 5.63. The highest BCUT2D eigenvalue weighted by Gasteiger charge is 2.12. The molecule has 1 aromatic carbocycles. The lowest BCUT2D eigenvalue weighted by Gasteiger charge is -2.12. The first kappa shape index (κ1) is 13.6. The quantitative estimate of drug-likeness (QED) is 0.886. The molecule has 0 bridgehead atoms. The molecule has 6 nitrogen and oxygen atoms in total. The zero-order chi connectivity index (χ0) is 14.0. The average molecular weight is 281 g/mol. The minimum atomic E-state index is -3.71. The summed E-state index contributed by atoms with van der Waals surface area (Å²) in [6.07, 6.45) is 2.94. The molecule has 0 saturated carbocycles. The van der Waals surface area contributed by atoms with E-state index in [-0.39, 0.29) is 4.90 Å². The number of aryl methyl sites for hydroxylation is 1. The third kappa shape index (κ3) is 3.12. The second-order valence-electron chi connectivity index (χ2n) is 4.28. The summed E-state index contributed by atoms with van der Waals surface area (Å²) in [6.45, 7) is 4.17. The van der Waals surface area contributed by atoms with Crippen LogP contribution in [0, 0.1) is 13.8 Å². The van der Waals surface area contributed by atoms with Gasteiger partial charge in [0.15, 0.2) is 6.39 Å². The molecule has 1 aromatic heterocycles. The summed E-state index contributed by atoms with van der Waals surface area (Å²) >= 11 is 0. The summed E-state index contributed by atoms with van der Waals surface area (Å²) < 4.78 is 27.9. The Kier molecular flexibility index (Phi) is 3.59. The van der Waals surface area contributed by atoms with Crippen LogP contribution in [0.1, 0.15) is 16.9 Å². The van der Waals surface area contributed by atoms with E-state index in [2.05, 4.69) is 10.3 Å². The third-order valence-electron chi connectivity index (χ3n) is 2.91. The van der Waals surface area contributed by atoms with Gasteiger partial charge in [0, 0.05) is 5.69 Å². The van der Waals surface area contributed by atoms with Crippen molar-refractivity contribution in [3.05, 3.63) is 41.6 Å². The number of hydrogen-bond donors (Lipinski definition) is 2. The molecule has 0 aliphatic carbocycles. The van der Waals surface area contributed by atoms with E-state index >= 15 is 0 Å². The number of anilines is 1. The summed E-state index contributed by atoms with van der Waals surface area (Å²) in [4.78, 5) is 3.90.